The molecule has 1 aliphatic heterocycles. The van der Waals surface area contributed by atoms with Gasteiger partial charge >= 0.3 is 0 Å². The molecule has 0 unspecified atom stereocenters. The Morgan fingerprint density at radius 3 is 3.20 bits per heavy atom. The summed E-state index contributed by atoms with van der Waals surface area (Å²) in [5.41, 5.74) is 0. The molecule has 1 aromatic rings. The summed E-state index contributed by atoms with van der Waals surface area (Å²) in [6.07, 6.45) is 3.11. The molecule has 15 heavy (non-hydrogen) atoms. The minimum absolute atomic E-state index is 0.0934. The van der Waals surface area contributed by atoms with Crippen LogP contribution in [0.3, 0.4) is 0 Å². The molecular weight excluding hydrogens is 307 g/mol. The van der Waals surface area contributed by atoms with Gasteiger partial charge in [-0.2, -0.15) is 0 Å². The molecule has 0 saturated carbocycles. The summed E-state index contributed by atoms with van der Waals surface area (Å²) in [6, 6.07) is 3.74. The second kappa shape index (κ2) is 4.89. The smallest absolute Gasteiger partial charge is 0.254 e. The average Bonchev–Trinajstić information content (AvgIpc) is 2.74. The molecule has 0 spiro atoms. The number of hydrogen-bond donors (Lipinski definition) is 1. The number of nitrogens with zero attached hydrogens (tertiary/aromatic N) is 1. The fourth-order valence-corrected chi connectivity index (χ4v) is 1.94. The lowest BCUT2D eigenvalue weighted by Crippen LogP contribution is -2.27. The van der Waals surface area contributed by atoms with Crippen molar-refractivity contribution in [2.75, 3.05) is 11.9 Å². The lowest BCUT2D eigenvalue weighted by Gasteiger charge is -2.10. The van der Waals surface area contributed by atoms with Crippen LogP contribution in [0.5, 0.6) is 0 Å². The van der Waals surface area contributed by atoms with Crippen LogP contribution in [0.4, 0.5) is 5.82 Å². The Balaban J connectivity index is 2.02. The summed E-state index contributed by atoms with van der Waals surface area (Å²) in [6.45, 7) is 0.678. The fourth-order valence-electron chi connectivity index (χ4n) is 1.46. The van der Waals surface area contributed by atoms with E-state index in [0.29, 0.717) is 12.4 Å². The summed E-state index contributed by atoms with van der Waals surface area (Å²) in [5, 5.41) is 2.77. The van der Waals surface area contributed by atoms with Crippen LogP contribution in [-0.2, 0) is 9.53 Å². The van der Waals surface area contributed by atoms with E-state index in [9.17, 15) is 4.79 Å². The highest BCUT2D eigenvalue weighted by molar-refractivity contribution is 14.1. The van der Waals surface area contributed by atoms with Gasteiger partial charge in [0, 0.05) is 12.8 Å². The first-order chi connectivity index (χ1) is 7.27. The summed E-state index contributed by atoms with van der Waals surface area (Å²) < 4.78 is 6.22. The van der Waals surface area contributed by atoms with Crippen LogP contribution < -0.4 is 5.32 Å². The average molecular weight is 318 g/mol. The maximum atomic E-state index is 11.7. The molecule has 0 bridgehead atoms. The Morgan fingerprint density at radius 1 is 1.67 bits per heavy atom. The highest BCUT2D eigenvalue weighted by Crippen LogP contribution is 2.17. The van der Waals surface area contributed by atoms with Crippen molar-refractivity contribution in [3.05, 3.63) is 21.9 Å². The molecule has 0 aliphatic carbocycles. The van der Waals surface area contributed by atoms with E-state index < -0.39 is 0 Å². The van der Waals surface area contributed by atoms with Crippen LogP contribution >= 0.6 is 22.6 Å². The molecule has 1 amide bonds. The van der Waals surface area contributed by atoms with Gasteiger partial charge in [0.1, 0.15) is 11.9 Å². The molecular formula is C10H11IN2O2. The predicted molar refractivity (Wildman–Crippen MR) is 64.6 cm³/mol. The molecule has 5 heteroatoms. The van der Waals surface area contributed by atoms with Gasteiger partial charge in [0.05, 0.1) is 3.57 Å². The quantitative estimate of drug-likeness (QED) is 0.846. The molecule has 1 aliphatic rings. The van der Waals surface area contributed by atoms with E-state index in [1.54, 1.807) is 6.20 Å². The van der Waals surface area contributed by atoms with Crippen LogP contribution in [0, 0.1) is 3.57 Å². The zero-order valence-electron chi connectivity index (χ0n) is 8.07. The maximum absolute atomic E-state index is 11.7. The third-order valence-corrected chi connectivity index (χ3v) is 3.09. The lowest BCUT2D eigenvalue weighted by atomic mass is 10.2. The Hall–Kier alpha value is -0.690. The van der Waals surface area contributed by atoms with Crippen LogP contribution in [-0.4, -0.2) is 23.6 Å². The van der Waals surface area contributed by atoms with Crippen molar-refractivity contribution in [2.24, 2.45) is 0 Å². The molecule has 1 fully saturated rings. The molecule has 1 aromatic heterocycles. The number of rotatable bonds is 2. The molecule has 1 atom stereocenters. The van der Waals surface area contributed by atoms with Gasteiger partial charge in [0.25, 0.3) is 5.91 Å². The van der Waals surface area contributed by atoms with Crippen molar-refractivity contribution in [1.82, 2.24) is 4.98 Å². The Bertz CT molecular complexity index is 364. The number of nitrogens with one attached hydrogen (secondary N) is 1. The number of anilines is 1. The minimum Gasteiger partial charge on any atom is -0.368 e. The first-order valence-corrected chi connectivity index (χ1v) is 5.88. The van der Waals surface area contributed by atoms with Gasteiger partial charge in [0.15, 0.2) is 0 Å². The van der Waals surface area contributed by atoms with Crippen LogP contribution in [0.2, 0.25) is 0 Å². The molecule has 80 valence electrons. The number of hydrogen-bond acceptors (Lipinski definition) is 3. The van der Waals surface area contributed by atoms with Crippen molar-refractivity contribution in [3.63, 3.8) is 0 Å². The first-order valence-electron chi connectivity index (χ1n) is 4.80. The third kappa shape index (κ3) is 2.66. The topological polar surface area (TPSA) is 51.2 Å². The number of aromatic nitrogens is 1. The maximum Gasteiger partial charge on any atom is 0.254 e. The van der Waals surface area contributed by atoms with E-state index >= 15 is 0 Å². The van der Waals surface area contributed by atoms with E-state index in [1.165, 1.54) is 0 Å². The van der Waals surface area contributed by atoms with E-state index in [-0.39, 0.29) is 12.0 Å². The van der Waals surface area contributed by atoms with Gasteiger partial charge < -0.3 is 10.1 Å². The van der Waals surface area contributed by atoms with Crippen molar-refractivity contribution in [2.45, 2.75) is 18.9 Å². The van der Waals surface area contributed by atoms with E-state index in [0.717, 1.165) is 16.4 Å². The number of amides is 1. The summed E-state index contributed by atoms with van der Waals surface area (Å²) in [7, 11) is 0. The summed E-state index contributed by atoms with van der Waals surface area (Å²) in [5.74, 6) is 0.516. The van der Waals surface area contributed by atoms with E-state index in [4.69, 9.17) is 4.74 Å². The Kier molecular flexibility index (Phi) is 3.53. The van der Waals surface area contributed by atoms with E-state index in [1.807, 2.05) is 12.1 Å². The number of pyridine rings is 1. The second-order valence-electron chi connectivity index (χ2n) is 3.32. The Morgan fingerprint density at radius 2 is 2.53 bits per heavy atom. The normalized spacial score (nSPS) is 20.2. The van der Waals surface area contributed by atoms with Crippen LogP contribution in [0.1, 0.15) is 12.8 Å². The highest BCUT2D eigenvalue weighted by Gasteiger charge is 2.24. The largest absolute Gasteiger partial charge is 0.368 e. The van der Waals surface area contributed by atoms with E-state index in [2.05, 4.69) is 32.9 Å². The van der Waals surface area contributed by atoms with Crippen molar-refractivity contribution in [1.29, 1.82) is 0 Å². The van der Waals surface area contributed by atoms with Crippen molar-refractivity contribution in [3.8, 4) is 0 Å². The minimum atomic E-state index is -0.303. The molecule has 1 N–H and O–H groups in total. The van der Waals surface area contributed by atoms with Crippen LogP contribution in [0.25, 0.3) is 0 Å². The fraction of sp³-hybridized carbons (Fsp3) is 0.400. The molecule has 2 heterocycles. The number of halogens is 1. The zero-order valence-corrected chi connectivity index (χ0v) is 10.2. The molecule has 1 saturated heterocycles. The van der Waals surface area contributed by atoms with Gasteiger partial charge in [-0.15, -0.1) is 0 Å². The SMILES string of the molecule is O=C(Nc1ncccc1I)[C@@H]1CCCO1. The molecule has 4 nitrogen and oxygen atoms in total. The first kappa shape index (κ1) is 10.8. The number of carbonyl (C=O) groups is 1. The van der Waals surface area contributed by atoms with Gasteiger partial charge in [-0.1, -0.05) is 0 Å². The molecule has 0 radical (unpaired) electrons. The lowest BCUT2D eigenvalue weighted by molar-refractivity contribution is -0.124. The highest BCUT2D eigenvalue weighted by atomic mass is 127. The van der Waals surface area contributed by atoms with Gasteiger partial charge in [-0.25, -0.2) is 4.98 Å². The monoisotopic (exact) mass is 318 g/mol. The standard InChI is InChI=1S/C10H11IN2O2/c11-7-3-1-5-12-9(7)13-10(14)8-4-2-6-15-8/h1,3,5,8H,2,4,6H2,(H,12,13,14)/t8-/m0/s1. The Labute approximate surface area is 102 Å². The third-order valence-electron chi connectivity index (χ3n) is 2.22. The summed E-state index contributed by atoms with van der Waals surface area (Å²) in [4.78, 5) is 15.8. The van der Waals surface area contributed by atoms with Gasteiger partial charge in [0.2, 0.25) is 0 Å². The zero-order chi connectivity index (χ0) is 10.7. The van der Waals surface area contributed by atoms with Crippen molar-refractivity contribution >= 4 is 34.3 Å². The van der Waals surface area contributed by atoms with Gasteiger partial charge in [-0.05, 0) is 47.6 Å². The molecule has 2 rings (SSSR count). The van der Waals surface area contributed by atoms with Crippen LogP contribution in [0.15, 0.2) is 18.3 Å². The van der Waals surface area contributed by atoms with Gasteiger partial charge in [-0.3, -0.25) is 4.79 Å². The van der Waals surface area contributed by atoms with Crippen molar-refractivity contribution < 1.29 is 9.53 Å². The molecule has 0 aromatic carbocycles. The number of ether oxygens (including phenoxy) is 1. The summed E-state index contributed by atoms with van der Waals surface area (Å²) >= 11 is 2.14. The second-order valence-corrected chi connectivity index (χ2v) is 4.49. The predicted octanol–water partition coefficient (Wildman–Crippen LogP) is 1.80. The number of carbonyl (C=O) groups excluding carboxylic acids is 1.